The van der Waals surface area contributed by atoms with Crippen LogP contribution < -0.4 is 5.30 Å². The summed E-state index contributed by atoms with van der Waals surface area (Å²) in [6, 6.07) is 11.1. The van der Waals surface area contributed by atoms with Crippen molar-refractivity contribution in [1.82, 2.24) is 0 Å². The quantitative estimate of drug-likeness (QED) is 0.682. The van der Waals surface area contributed by atoms with Crippen LogP contribution in [0.1, 0.15) is 19.3 Å². The Labute approximate surface area is 117 Å². The lowest BCUT2D eigenvalue weighted by Crippen LogP contribution is -2.14. The summed E-state index contributed by atoms with van der Waals surface area (Å²) in [5.74, 6) is 0. The number of hydrogen-bond acceptors (Lipinski definition) is 0. The van der Waals surface area contributed by atoms with Gasteiger partial charge in [-0.3, -0.25) is 0 Å². The predicted molar refractivity (Wildman–Crippen MR) is 86.1 cm³/mol. The molecule has 0 saturated heterocycles. The number of hydrogen-bond donors (Lipinski definition) is 0. The molecule has 2 atom stereocenters. The Bertz CT molecular complexity index is 534. The topological polar surface area (TPSA) is 0 Å². The fourth-order valence-corrected chi connectivity index (χ4v) is 5.56. The van der Waals surface area contributed by atoms with Gasteiger partial charge in [-0.1, -0.05) is 72.9 Å². The molecule has 2 unspecified atom stereocenters. The van der Waals surface area contributed by atoms with Gasteiger partial charge in [-0.2, -0.15) is 0 Å². The Hall–Kier alpha value is -1.39. The number of rotatable bonds is 3. The molecule has 0 saturated carbocycles. The van der Waals surface area contributed by atoms with Gasteiger partial charge >= 0.3 is 0 Å². The summed E-state index contributed by atoms with van der Waals surface area (Å²) in [4.78, 5) is 0. The first-order valence-electron chi connectivity index (χ1n) is 6.98. The zero-order chi connectivity index (χ0) is 12.9. The minimum absolute atomic E-state index is 0.220. The molecule has 0 nitrogen and oxygen atoms in total. The zero-order valence-corrected chi connectivity index (χ0v) is 12.0. The average molecular weight is 266 g/mol. The molecule has 0 heterocycles. The third kappa shape index (κ3) is 2.96. The summed E-state index contributed by atoms with van der Waals surface area (Å²) in [5, 5.41) is 3.16. The van der Waals surface area contributed by atoms with E-state index in [0.717, 1.165) is 0 Å². The molecule has 96 valence electrons. The Morgan fingerprint density at radius 3 is 2.53 bits per heavy atom. The van der Waals surface area contributed by atoms with Crippen molar-refractivity contribution >= 4 is 13.2 Å². The van der Waals surface area contributed by atoms with Crippen LogP contribution in [0.3, 0.4) is 0 Å². The van der Waals surface area contributed by atoms with E-state index in [1.54, 1.807) is 5.31 Å². The van der Waals surface area contributed by atoms with Gasteiger partial charge in [-0.25, -0.2) is 0 Å². The molecule has 0 radical (unpaired) electrons. The van der Waals surface area contributed by atoms with Gasteiger partial charge < -0.3 is 0 Å². The Kier molecular flexibility index (Phi) is 4.10. The highest BCUT2D eigenvalue weighted by molar-refractivity contribution is 7.70. The van der Waals surface area contributed by atoms with E-state index in [2.05, 4.69) is 72.9 Å². The normalized spacial score (nSPS) is 23.2. The summed E-state index contributed by atoms with van der Waals surface area (Å²) in [5.41, 5.74) is 0.667. The zero-order valence-electron chi connectivity index (χ0n) is 11.1. The van der Waals surface area contributed by atoms with Gasteiger partial charge in [0.15, 0.2) is 0 Å². The van der Waals surface area contributed by atoms with Gasteiger partial charge in [0, 0.05) is 5.66 Å². The number of benzene rings is 1. The Morgan fingerprint density at radius 1 is 0.947 bits per heavy atom. The molecule has 0 bridgehead atoms. The first-order valence-corrected chi connectivity index (χ1v) is 8.39. The van der Waals surface area contributed by atoms with Crippen LogP contribution in [0.2, 0.25) is 0 Å². The third-order valence-corrected chi connectivity index (χ3v) is 6.52. The molecule has 0 spiro atoms. The van der Waals surface area contributed by atoms with Gasteiger partial charge in [0.25, 0.3) is 0 Å². The fourth-order valence-electron chi connectivity index (χ4n) is 2.71. The van der Waals surface area contributed by atoms with Crippen LogP contribution in [0, 0.1) is 0 Å². The highest BCUT2D eigenvalue weighted by Crippen LogP contribution is 2.53. The van der Waals surface area contributed by atoms with Crippen LogP contribution in [-0.2, 0) is 0 Å². The lowest BCUT2D eigenvalue weighted by molar-refractivity contribution is 0.995. The van der Waals surface area contributed by atoms with Crippen molar-refractivity contribution in [3.8, 4) is 0 Å². The molecule has 2 aliphatic carbocycles. The van der Waals surface area contributed by atoms with E-state index in [9.17, 15) is 0 Å². The van der Waals surface area contributed by atoms with Crippen LogP contribution in [0.15, 0.2) is 78.2 Å². The van der Waals surface area contributed by atoms with Crippen LogP contribution in [0.4, 0.5) is 0 Å². The molecule has 0 aliphatic heterocycles. The van der Waals surface area contributed by atoms with Crippen molar-refractivity contribution in [3.05, 3.63) is 78.2 Å². The SMILES string of the molecule is C1=CCCC(P(c2ccccc2)C2C=CC=CC2)=C1. The fraction of sp³-hybridized carbons (Fsp3) is 0.222. The van der Waals surface area contributed by atoms with E-state index in [0.29, 0.717) is 5.66 Å². The van der Waals surface area contributed by atoms with Crippen LogP contribution in [0.5, 0.6) is 0 Å². The van der Waals surface area contributed by atoms with E-state index >= 15 is 0 Å². The molecule has 1 aromatic carbocycles. The molecule has 0 amide bonds. The Morgan fingerprint density at radius 2 is 1.84 bits per heavy atom. The molecule has 3 rings (SSSR count). The second-order valence-corrected chi connectivity index (χ2v) is 7.44. The van der Waals surface area contributed by atoms with Gasteiger partial charge in [-0.05, 0) is 37.8 Å². The second-order valence-electron chi connectivity index (χ2n) is 4.95. The first-order chi connectivity index (χ1) is 9.45. The van der Waals surface area contributed by atoms with Crippen molar-refractivity contribution in [1.29, 1.82) is 0 Å². The summed E-state index contributed by atoms with van der Waals surface area (Å²) >= 11 is 0. The van der Waals surface area contributed by atoms with E-state index in [-0.39, 0.29) is 7.92 Å². The lowest BCUT2D eigenvalue weighted by atomic mass is 10.2. The highest BCUT2D eigenvalue weighted by atomic mass is 31.1. The summed E-state index contributed by atoms with van der Waals surface area (Å²) in [7, 11) is -0.220. The standard InChI is InChI=1S/C18H19P/c1-4-10-16(11-5-1)19(17-12-6-2-7-13-17)18-14-8-3-9-15-18/h1-8,10-12,14,17H,9,13,15H2. The molecular formula is C18H19P. The molecule has 0 aromatic heterocycles. The maximum absolute atomic E-state index is 2.40. The average Bonchev–Trinajstić information content (AvgIpc) is 2.51. The summed E-state index contributed by atoms with van der Waals surface area (Å²) in [6.07, 6.45) is 19.6. The van der Waals surface area contributed by atoms with Crippen molar-refractivity contribution in [2.24, 2.45) is 0 Å². The molecule has 1 heteroatoms. The van der Waals surface area contributed by atoms with Crippen LogP contribution >= 0.6 is 7.92 Å². The smallest absolute Gasteiger partial charge is 0.00853 e. The third-order valence-electron chi connectivity index (χ3n) is 3.63. The van der Waals surface area contributed by atoms with Gasteiger partial charge in [0.2, 0.25) is 0 Å². The first kappa shape index (κ1) is 12.6. The molecular weight excluding hydrogens is 247 g/mol. The maximum Gasteiger partial charge on any atom is 0.00853 e. The second kappa shape index (κ2) is 6.17. The molecule has 19 heavy (non-hydrogen) atoms. The molecule has 0 fully saturated rings. The Balaban J connectivity index is 1.95. The summed E-state index contributed by atoms with van der Waals surface area (Å²) in [6.45, 7) is 0. The predicted octanol–water partition coefficient (Wildman–Crippen LogP) is 4.91. The van der Waals surface area contributed by atoms with Crippen molar-refractivity contribution in [3.63, 3.8) is 0 Å². The van der Waals surface area contributed by atoms with Crippen LogP contribution in [-0.4, -0.2) is 5.66 Å². The maximum atomic E-state index is 2.40. The minimum Gasteiger partial charge on any atom is -0.0842 e. The van der Waals surface area contributed by atoms with Gasteiger partial charge in [-0.15, -0.1) is 0 Å². The van der Waals surface area contributed by atoms with Crippen LogP contribution in [0.25, 0.3) is 0 Å². The lowest BCUT2D eigenvalue weighted by Gasteiger charge is -2.29. The number of allylic oxidation sites excluding steroid dienone is 8. The van der Waals surface area contributed by atoms with E-state index in [1.165, 1.54) is 24.6 Å². The van der Waals surface area contributed by atoms with Gasteiger partial charge in [0.1, 0.15) is 0 Å². The molecule has 1 aromatic rings. The van der Waals surface area contributed by atoms with E-state index in [4.69, 9.17) is 0 Å². The monoisotopic (exact) mass is 266 g/mol. The van der Waals surface area contributed by atoms with E-state index in [1.807, 2.05) is 0 Å². The van der Waals surface area contributed by atoms with E-state index < -0.39 is 0 Å². The molecule has 0 N–H and O–H groups in total. The minimum atomic E-state index is -0.220. The largest absolute Gasteiger partial charge is 0.0842 e. The van der Waals surface area contributed by atoms with Gasteiger partial charge in [0.05, 0.1) is 0 Å². The molecule has 2 aliphatic rings. The highest BCUT2D eigenvalue weighted by Gasteiger charge is 2.24. The summed E-state index contributed by atoms with van der Waals surface area (Å²) < 4.78 is 0. The van der Waals surface area contributed by atoms with Crippen molar-refractivity contribution in [2.45, 2.75) is 24.9 Å². The van der Waals surface area contributed by atoms with Crippen molar-refractivity contribution < 1.29 is 0 Å². The van der Waals surface area contributed by atoms with Crippen molar-refractivity contribution in [2.75, 3.05) is 0 Å².